The lowest BCUT2D eigenvalue weighted by Crippen LogP contribution is -2.21. The van der Waals surface area contributed by atoms with E-state index >= 15 is 0 Å². The van der Waals surface area contributed by atoms with Gasteiger partial charge in [-0.15, -0.1) is 0 Å². The summed E-state index contributed by atoms with van der Waals surface area (Å²) >= 11 is 0. The summed E-state index contributed by atoms with van der Waals surface area (Å²) in [6.45, 7) is 3.51. The molecule has 0 radical (unpaired) electrons. The summed E-state index contributed by atoms with van der Waals surface area (Å²) in [5, 5.41) is 9.85. The number of aryl methyl sites for hydroxylation is 2. The highest BCUT2D eigenvalue weighted by atomic mass is 19.1. The van der Waals surface area contributed by atoms with E-state index in [1.54, 1.807) is 13.0 Å². The Hall–Kier alpha value is -2.24. The van der Waals surface area contributed by atoms with Crippen LogP contribution < -0.4 is 5.32 Å². The molecule has 5 nitrogen and oxygen atoms in total. The number of nitrogens with zero attached hydrogens (tertiary/aromatic N) is 2. The van der Waals surface area contributed by atoms with Crippen molar-refractivity contribution in [2.75, 3.05) is 5.32 Å². The summed E-state index contributed by atoms with van der Waals surface area (Å²) in [6.07, 6.45) is 1.27. The van der Waals surface area contributed by atoms with Gasteiger partial charge in [-0.3, -0.25) is 4.79 Å². The van der Waals surface area contributed by atoms with Gasteiger partial charge < -0.3 is 5.32 Å². The van der Waals surface area contributed by atoms with Crippen molar-refractivity contribution in [1.29, 1.82) is 0 Å². The van der Waals surface area contributed by atoms with Crippen molar-refractivity contribution in [3.05, 3.63) is 41.3 Å². The average Bonchev–Trinajstić information content (AvgIpc) is 2.81. The summed E-state index contributed by atoms with van der Waals surface area (Å²) in [4.78, 5) is 12.0. The van der Waals surface area contributed by atoms with Crippen LogP contribution >= 0.6 is 0 Å². The van der Waals surface area contributed by atoms with E-state index in [-0.39, 0.29) is 17.6 Å². The molecule has 1 atom stereocenters. The van der Waals surface area contributed by atoms with E-state index in [1.165, 1.54) is 12.1 Å². The number of halogens is 1. The Balaban J connectivity index is 1.87. The second-order valence-corrected chi connectivity index (χ2v) is 4.76. The van der Waals surface area contributed by atoms with Gasteiger partial charge in [-0.25, -0.2) is 9.02 Å². The number of hydrogen-bond acceptors (Lipinski definition) is 4. The van der Waals surface area contributed by atoms with Crippen molar-refractivity contribution in [2.45, 2.75) is 26.7 Å². The fourth-order valence-corrected chi connectivity index (χ4v) is 1.79. The second kappa shape index (κ2) is 6.27. The highest BCUT2D eigenvalue weighted by molar-refractivity contribution is 5.91. The average molecular weight is 277 g/mol. The van der Waals surface area contributed by atoms with Crippen LogP contribution in [0.25, 0.3) is 0 Å². The maximum Gasteiger partial charge on any atom is 0.228 e. The van der Waals surface area contributed by atoms with Gasteiger partial charge in [0.25, 0.3) is 0 Å². The summed E-state index contributed by atoms with van der Waals surface area (Å²) in [5.41, 5.74) is 1.42. The number of rotatable bonds is 5. The minimum absolute atomic E-state index is 0.153. The van der Waals surface area contributed by atoms with E-state index < -0.39 is 0 Å². The Morgan fingerprint density at radius 2 is 2.25 bits per heavy atom. The maximum absolute atomic E-state index is 13.0. The molecule has 0 aliphatic carbocycles. The summed E-state index contributed by atoms with van der Waals surface area (Å²) < 4.78 is 17.6. The number of aromatic nitrogens is 2. The van der Waals surface area contributed by atoms with Crippen LogP contribution in [-0.2, 0) is 11.2 Å². The van der Waals surface area contributed by atoms with Crippen molar-refractivity contribution in [3.8, 4) is 0 Å². The van der Waals surface area contributed by atoms with Crippen LogP contribution in [0, 0.1) is 18.7 Å². The number of anilines is 1. The number of carbonyl (C=O) groups is 1. The molecule has 0 saturated heterocycles. The lowest BCUT2D eigenvalue weighted by Gasteiger charge is -2.10. The molecule has 0 saturated carbocycles. The Kier molecular flexibility index (Phi) is 4.45. The zero-order valence-electron chi connectivity index (χ0n) is 11.4. The molecule has 1 aromatic carbocycles. The van der Waals surface area contributed by atoms with Gasteiger partial charge in [-0.1, -0.05) is 24.2 Å². The third-order valence-electron chi connectivity index (χ3n) is 3.10. The SMILES string of the molecule is Cc1nonc1NC(=O)[C@@H](C)CCc1cccc(F)c1. The van der Waals surface area contributed by atoms with Crippen molar-refractivity contribution >= 4 is 11.7 Å². The fourth-order valence-electron chi connectivity index (χ4n) is 1.79. The van der Waals surface area contributed by atoms with Crippen LogP contribution in [0.1, 0.15) is 24.6 Å². The third-order valence-corrected chi connectivity index (χ3v) is 3.10. The molecule has 0 unspecified atom stereocenters. The minimum atomic E-state index is -0.260. The molecule has 2 rings (SSSR count). The molecular weight excluding hydrogens is 261 g/mol. The van der Waals surface area contributed by atoms with Crippen molar-refractivity contribution in [3.63, 3.8) is 0 Å². The fraction of sp³-hybridized carbons (Fsp3) is 0.357. The topological polar surface area (TPSA) is 68.0 Å². The first-order valence-electron chi connectivity index (χ1n) is 6.40. The smallest absolute Gasteiger partial charge is 0.228 e. The highest BCUT2D eigenvalue weighted by Crippen LogP contribution is 2.14. The van der Waals surface area contributed by atoms with Crippen molar-refractivity contribution in [1.82, 2.24) is 10.3 Å². The van der Waals surface area contributed by atoms with E-state index in [4.69, 9.17) is 0 Å². The van der Waals surface area contributed by atoms with E-state index in [0.717, 1.165) is 5.56 Å². The number of nitrogens with one attached hydrogen (secondary N) is 1. The summed E-state index contributed by atoms with van der Waals surface area (Å²) in [5.74, 6) is -0.286. The zero-order chi connectivity index (χ0) is 14.5. The largest absolute Gasteiger partial charge is 0.306 e. The molecule has 20 heavy (non-hydrogen) atoms. The molecule has 0 spiro atoms. The lowest BCUT2D eigenvalue weighted by atomic mass is 10.0. The number of carbonyl (C=O) groups excluding carboxylic acids is 1. The number of hydrogen-bond donors (Lipinski definition) is 1. The predicted molar refractivity (Wildman–Crippen MR) is 71.5 cm³/mol. The normalized spacial score (nSPS) is 12.2. The van der Waals surface area contributed by atoms with Crippen molar-refractivity contribution in [2.24, 2.45) is 5.92 Å². The molecule has 1 amide bonds. The van der Waals surface area contributed by atoms with Crippen molar-refractivity contribution < 1.29 is 13.8 Å². The molecule has 1 heterocycles. The van der Waals surface area contributed by atoms with Crippen LogP contribution in [0.2, 0.25) is 0 Å². The molecule has 0 fully saturated rings. The lowest BCUT2D eigenvalue weighted by molar-refractivity contribution is -0.119. The molecule has 0 aliphatic heterocycles. The molecule has 0 aliphatic rings. The van der Waals surface area contributed by atoms with Gasteiger partial charge in [0, 0.05) is 5.92 Å². The van der Waals surface area contributed by atoms with Gasteiger partial charge in [0.15, 0.2) is 5.82 Å². The summed E-state index contributed by atoms with van der Waals surface area (Å²) in [6, 6.07) is 6.40. The molecule has 1 aromatic heterocycles. The van der Waals surface area contributed by atoms with Gasteiger partial charge in [0.1, 0.15) is 11.5 Å². The Bertz CT molecular complexity index is 598. The number of amides is 1. The van der Waals surface area contributed by atoms with Crippen LogP contribution in [0.5, 0.6) is 0 Å². The van der Waals surface area contributed by atoms with Crippen LogP contribution in [-0.4, -0.2) is 16.2 Å². The van der Waals surface area contributed by atoms with E-state index in [2.05, 4.69) is 20.3 Å². The van der Waals surface area contributed by atoms with Gasteiger partial charge in [-0.2, -0.15) is 0 Å². The molecule has 0 bridgehead atoms. The van der Waals surface area contributed by atoms with E-state index in [0.29, 0.717) is 24.4 Å². The van der Waals surface area contributed by atoms with Crippen LogP contribution in [0.15, 0.2) is 28.9 Å². The first-order chi connectivity index (χ1) is 9.56. The van der Waals surface area contributed by atoms with E-state index in [1.807, 2.05) is 13.0 Å². The van der Waals surface area contributed by atoms with Gasteiger partial charge >= 0.3 is 0 Å². The number of benzene rings is 1. The minimum Gasteiger partial charge on any atom is -0.306 e. The Morgan fingerprint density at radius 3 is 2.90 bits per heavy atom. The zero-order valence-corrected chi connectivity index (χ0v) is 11.4. The third kappa shape index (κ3) is 3.63. The molecular formula is C14H16FN3O2. The van der Waals surface area contributed by atoms with Crippen LogP contribution in [0.3, 0.4) is 0 Å². The first kappa shape index (κ1) is 14.2. The molecule has 2 aromatic rings. The summed E-state index contributed by atoms with van der Waals surface area (Å²) in [7, 11) is 0. The quantitative estimate of drug-likeness (QED) is 0.912. The highest BCUT2D eigenvalue weighted by Gasteiger charge is 2.16. The van der Waals surface area contributed by atoms with Gasteiger partial charge in [0.2, 0.25) is 5.91 Å². The predicted octanol–water partition coefficient (Wildman–Crippen LogP) is 2.72. The van der Waals surface area contributed by atoms with E-state index in [9.17, 15) is 9.18 Å². The molecule has 1 N–H and O–H groups in total. The van der Waals surface area contributed by atoms with Crippen LogP contribution in [0.4, 0.5) is 10.2 Å². The maximum atomic E-state index is 13.0. The molecule has 6 heteroatoms. The monoisotopic (exact) mass is 277 g/mol. The molecule has 106 valence electrons. The second-order valence-electron chi connectivity index (χ2n) is 4.76. The van der Waals surface area contributed by atoms with Gasteiger partial charge in [0.05, 0.1) is 0 Å². The first-order valence-corrected chi connectivity index (χ1v) is 6.40. The Morgan fingerprint density at radius 1 is 1.45 bits per heavy atom. The Labute approximate surface area is 116 Å². The van der Waals surface area contributed by atoms with Gasteiger partial charge in [-0.05, 0) is 42.6 Å². The standard InChI is InChI=1S/C14H16FN3O2/c1-9(6-7-11-4-3-5-12(15)8-11)14(19)16-13-10(2)17-20-18-13/h3-5,8-9H,6-7H2,1-2H3,(H,16,18,19)/t9-/m0/s1.